The molecule has 4 rings (SSSR count). The van der Waals surface area contributed by atoms with E-state index in [0.29, 0.717) is 5.88 Å². The number of nitrogens with one attached hydrogen (secondary N) is 1. The Morgan fingerprint density at radius 3 is 2.39 bits per heavy atom. The van der Waals surface area contributed by atoms with Crippen LogP contribution in [0, 0.1) is 0 Å². The van der Waals surface area contributed by atoms with Gasteiger partial charge in [0.2, 0.25) is 5.88 Å². The van der Waals surface area contributed by atoms with Gasteiger partial charge >= 0.3 is 0 Å². The summed E-state index contributed by atoms with van der Waals surface area (Å²) in [5, 5.41) is 1.07. The molecule has 0 aliphatic heterocycles. The second-order valence-corrected chi connectivity index (χ2v) is 7.04. The summed E-state index contributed by atoms with van der Waals surface area (Å²) in [6.07, 6.45) is 3.77. The van der Waals surface area contributed by atoms with E-state index >= 15 is 0 Å². The van der Waals surface area contributed by atoms with Crippen LogP contribution in [0.2, 0.25) is 0 Å². The standard InChI is InChI=1S/C23H23N3O2/c1-15(2)27-19-6-8-20(9-7-19)28-22-11-5-18-14-17(4-10-21(18)26-22)16(3)23-24-12-13-25-23/h4-16H,1-3H3,(H,24,25). The molecule has 4 aromatic rings. The lowest BCUT2D eigenvalue weighted by Gasteiger charge is -2.12. The number of nitrogens with zero attached hydrogens (tertiary/aromatic N) is 2. The van der Waals surface area contributed by atoms with Gasteiger partial charge in [0.05, 0.1) is 11.6 Å². The minimum atomic E-state index is 0.148. The molecule has 1 N–H and O–H groups in total. The monoisotopic (exact) mass is 373 g/mol. The van der Waals surface area contributed by atoms with Crippen molar-refractivity contribution in [2.24, 2.45) is 0 Å². The molecule has 1 atom stereocenters. The molecule has 0 aliphatic rings. The fraction of sp³-hybridized carbons (Fsp3) is 0.217. The van der Waals surface area contributed by atoms with Crippen LogP contribution < -0.4 is 9.47 Å². The molecule has 5 heteroatoms. The number of ether oxygens (including phenoxy) is 2. The number of fused-ring (bicyclic) bond motifs is 1. The Kier molecular flexibility index (Phi) is 4.98. The lowest BCUT2D eigenvalue weighted by Crippen LogP contribution is -2.05. The normalized spacial score (nSPS) is 12.3. The minimum absolute atomic E-state index is 0.148. The smallest absolute Gasteiger partial charge is 0.219 e. The van der Waals surface area contributed by atoms with Crippen LogP contribution in [0.1, 0.15) is 38.1 Å². The highest BCUT2D eigenvalue weighted by atomic mass is 16.5. The first-order valence-corrected chi connectivity index (χ1v) is 9.43. The van der Waals surface area contributed by atoms with Crippen molar-refractivity contribution in [3.8, 4) is 17.4 Å². The van der Waals surface area contributed by atoms with Gasteiger partial charge < -0.3 is 14.5 Å². The Balaban J connectivity index is 1.52. The van der Waals surface area contributed by atoms with Gasteiger partial charge in [0.15, 0.2) is 0 Å². The van der Waals surface area contributed by atoms with E-state index in [2.05, 4.69) is 34.0 Å². The molecule has 0 saturated carbocycles. The Bertz CT molecular complexity index is 1060. The number of aromatic amines is 1. The van der Waals surface area contributed by atoms with Crippen LogP contribution >= 0.6 is 0 Å². The summed E-state index contributed by atoms with van der Waals surface area (Å²) in [5.74, 6) is 3.27. The maximum atomic E-state index is 5.90. The van der Waals surface area contributed by atoms with Gasteiger partial charge in [0.1, 0.15) is 17.3 Å². The van der Waals surface area contributed by atoms with E-state index in [9.17, 15) is 0 Å². The largest absolute Gasteiger partial charge is 0.491 e. The molecule has 28 heavy (non-hydrogen) atoms. The van der Waals surface area contributed by atoms with E-state index in [1.54, 1.807) is 6.20 Å². The van der Waals surface area contributed by atoms with E-state index < -0.39 is 0 Å². The van der Waals surface area contributed by atoms with Crippen molar-refractivity contribution in [2.45, 2.75) is 32.8 Å². The van der Waals surface area contributed by atoms with Crippen LogP contribution in [-0.4, -0.2) is 21.1 Å². The summed E-state index contributed by atoms with van der Waals surface area (Å²) in [6, 6.07) is 17.8. The van der Waals surface area contributed by atoms with Crippen molar-refractivity contribution in [3.63, 3.8) is 0 Å². The quantitative estimate of drug-likeness (QED) is 0.472. The van der Waals surface area contributed by atoms with Crippen LogP contribution in [0.4, 0.5) is 0 Å². The van der Waals surface area contributed by atoms with Crippen molar-refractivity contribution >= 4 is 10.9 Å². The first-order valence-electron chi connectivity index (χ1n) is 9.43. The van der Waals surface area contributed by atoms with E-state index in [0.717, 1.165) is 28.2 Å². The van der Waals surface area contributed by atoms with Gasteiger partial charge in [-0.2, -0.15) is 0 Å². The van der Waals surface area contributed by atoms with Gasteiger partial charge in [0, 0.05) is 29.8 Å². The second-order valence-electron chi connectivity index (χ2n) is 7.04. The van der Waals surface area contributed by atoms with Crippen LogP contribution in [0.5, 0.6) is 17.4 Å². The first kappa shape index (κ1) is 18.0. The van der Waals surface area contributed by atoms with Crippen LogP contribution in [0.15, 0.2) is 67.0 Å². The number of H-pyrrole nitrogens is 1. The topological polar surface area (TPSA) is 60.0 Å². The van der Waals surface area contributed by atoms with Gasteiger partial charge in [-0.25, -0.2) is 9.97 Å². The molecule has 0 fully saturated rings. The predicted molar refractivity (Wildman–Crippen MR) is 110 cm³/mol. The van der Waals surface area contributed by atoms with Crippen LogP contribution in [0.3, 0.4) is 0 Å². The van der Waals surface area contributed by atoms with Crippen LogP contribution in [0.25, 0.3) is 10.9 Å². The third kappa shape index (κ3) is 3.98. The molecule has 2 aromatic carbocycles. The molecular formula is C23H23N3O2. The Hall–Kier alpha value is -3.34. The van der Waals surface area contributed by atoms with Crippen molar-refractivity contribution in [1.29, 1.82) is 0 Å². The zero-order valence-corrected chi connectivity index (χ0v) is 16.2. The SMILES string of the molecule is CC(C)Oc1ccc(Oc2ccc3cc(C(C)c4ncc[nH]4)ccc3n2)cc1. The maximum absolute atomic E-state index is 5.90. The highest BCUT2D eigenvalue weighted by Crippen LogP contribution is 2.28. The Morgan fingerprint density at radius 1 is 0.893 bits per heavy atom. The van der Waals surface area contributed by atoms with Crippen molar-refractivity contribution in [2.75, 3.05) is 0 Å². The molecule has 2 aromatic heterocycles. The van der Waals surface area contributed by atoms with Gasteiger partial charge in [-0.05, 0) is 61.9 Å². The molecule has 0 saturated heterocycles. The summed E-state index contributed by atoms with van der Waals surface area (Å²) in [6.45, 7) is 6.14. The van der Waals surface area contributed by atoms with Gasteiger partial charge in [-0.15, -0.1) is 0 Å². The number of imidazole rings is 1. The lowest BCUT2D eigenvalue weighted by molar-refractivity contribution is 0.242. The highest BCUT2D eigenvalue weighted by Gasteiger charge is 2.12. The van der Waals surface area contributed by atoms with Gasteiger partial charge in [-0.1, -0.05) is 13.0 Å². The number of rotatable bonds is 6. The average Bonchev–Trinajstić information content (AvgIpc) is 3.23. The number of hydrogen-bond donors (Lipinski definition) is 1. The fourth-order valence-corrected chi connectivity index (χ4v) is 3.10. The lowest BCUT2D eigenvalue weighted by atomic mass is 9.99. The molecule has 0 amide bonds. The van der Waals surface area contributed by atoms with Gasteiger partial charge in [0.25, 0.3) is 0 Å². The van der Waals surface area contributed by atoms with Gasteiger partial charge in [-0.3, -0.25) is 0 Å². The molecular weight excluding hydrogens is 350 g/mol. The first-order chi connectivity index (χ1) is 13.6. The molecule has 1 unspecified atom stereocenters. The molecule has 0 radical (unpaired) electrons. The third-order valence-corrected chi connectivity index (χ3v) is 4.54. The van der Waals surface area contributed by atoms with E-state index in [1.165, 1.54) is 5.56 Å². The summed E-state index contributed by atoms with van der Waals surface area (Å²) < 4.78 is 11.6. The van der Waals surface area contributed by atoms with E-state index in [4.69, 9.17) is 9.47 Å². The minimum Gasteiger partial charge on any atom is -0.491 e. The number of aromatic nitrogens is 3. The number of hydrogen-bond acceptors (Lipinski definition) is 4. The Morgan fingerprint density at radius 2 is 1.68 bits per heavy atom. The second kappa shape index (κ2) is 7.72. The van der Waals surface area contributed by atoms with Crippen molar-refractivity contribution < 1.29 is 9.47 Å². The molecule has 0 bridgehead atoms. The zero-order valence-electron chi connectivity index (χ0n) is 16.2. The zero-order chi connectivity index (χ0) is 19.5. The molecule has 142 valence electrons. The summed E-state index contributed by atoms with van der Waals surface area (Å²) in [5.41, 5.74) is 2.09. The average molecular weight is 373 g/mol. The fourth-order valence-electron chi connectivity index (χ4n) is 3.10. The molecule has 5 nitrogen and oxygen atoms in total. The summed E-state index contributed by atoms with van der Waals surface area (Å²) in [4.78, 5) is 12.2. The molecule has 0 spiro atoms. The van der Waals surface area contributed by atoms with Crippen molar-refractivity contribution in [1.82, 2.24) is 15.0 Å². The van der Waals surface area contributed by atoms with E-state index in [-0.39, 0.29) is 12.0 Å². The predicted octanol–water partition coefficient (Wildman–Crippen LogP) is 5.69. The van der Waals surface area contributed by atoms with E-state index in [1.807, 2.05) is 62.5 Å². The number of benzene rings is 2. The molecule has 0 aliphatic carbocycles. The summed E-state index contributed by atoms with van der Waals surface area (Å²) in [7, 11) is 0. The molecule has 2 heterocycles. The third-order valence-electron chi connectivity index (χ3n) is 4.54. The Labute approximate surface area is 164 Å². The van der Waals surface area contributed by atoms with Crippen molar-refractivity contribution in [3.05, 3.63) is 78.4 Å². The maximum Gasteiger partial charge on any atom is 0.219 e. The number of pyridine rings is 1. The summed E-state index contributed by atoms with van der Waals surface area (Å²) >= 11 is 0. The highest BCUT2D eigenvalue weighted by molar-refractivity contribution is 5.80. The van der Waals surface area contributed by atoms with Crippen LogP contribution in [-0.2, 0) is 0 Å².